The lowest BCUT2D eigenvalue weighted by Gasteiger charge is -2.16. The van der Waals surface area contributed by atoms with Gasteiger partial charge in [-0.25, -0.2) is 15.0 Å². The fourth-order valence-corrected chi connectivity index (χ4v) is 3.35. The molecule has 0 spiro atoms. The van der Waals surface area contributed by atoms with Crippen LogP contribution in [0.5, 0.6) is 0 Å². The predicted molar refractivity (Wildman–Crippen MR) is 103 cm³/mol. The summed E-state index contributed by atoms with van der Waals surface area (Å²) in [7, 11) is 0. The van der Waals surface area contributed by atoms with Crippen molar-refractivity contribution in [3.63, 3.8) is 0 Å². The number of fused-ring (bicyclic) bond motifs is 1. The zero-order valence-electron chi connectivity index (χ0n) is 13.8. The number of nitrogens with zero attached hydrogens (tertiary/aromatic N) is 4. The summed E-state index contributed by atoms with van der Waals surface area (Å²) in [5, 5.41) is 10.3. The molecule has 1 aliphatic rings. The number of nitrogen functional groups attached to an aromatic ring is 1. The molecule has 0 amide bonds. The van der Waals surface area contributed by atoms with Gasteiger partial charge >= 0.3 is 0 Å². The Morgan fingerprint density at radius 3 is 2.88 bits per heavy atom. The van der Waals surface area contributed by atoms with Crippen LogP contribution in [0.1, 0.15) is 18.2 Å². The Morgan fingerprint density at radius 1 is 1.27 bits per heavy atom. The smallest absolute Gasteiger partial charge is 0.167 e. The molecule has 26 heavy (non-hydrogen) atoms. The summed E-state index contributed by atoms with van der Waals surface area (Å²) < 4.78 is 14.7. The van der Waals surface area contributed by atoms with E-state index in [1.807, 2.05) is 24.3 Å². The minimum atomic E-state index is -0.617. The number of halogens is 1. The van der Waals surface area contributed by atoms with Crippen molar-refractivity contribution in [2.24, 2.45) is 0 Å². The maximum atomic E-state index is 10.3. The maximum Gasteiger partial charge on any atom is 0.167 e. The van der Waals surface area contributed by atoms with E-state index in [1.165, 1.54) is 9.90 Å². The number of aliphatic hydroxyl groups is 1. The van der Waals surface area contributed by atoms with Gasteiger partial charge in [-0.15, -0.1) is 0 Å². The highest BCUT2D eigenvalue weighted by Gasteiger charge is 2.36. The Hall–Kier alpha value is -1.82. The maximum absolute atomic E-state index is 10.3. The molecule has 1 saturated heterocycles. The normalized spacial score (nSPS) is 22.9. The van der Waals surface area contributed by atoms with Crippen molar-refractivity contribution in [2.75, 3.05) is 12.3 Å². The molecular formula is C17H18IN5O3. The van der Waals surface area contributed by atoms with Gasteiger partial charge in [0.2, 0.25) is 0 Å². The molecule has 0 aliphatic carbocycles. The summed E-state index contributed by atoms with van der Waals surface area (Å²) in [4.78, 5) is 12.4. The molecule has 0 unspecified atom stereocenters. The highest BCUT2D eigenvalue weighted by molar-refractivity contribution is 14.1. The first-order valence-electron chi connectivity index (χ1n) is 8.20. The first-order valence-corrected chi connectivity index (χ1v) is 9.28. The molecule has 2 aromatic heterocycles. The van der Waals surface area contributed by atoms with E-state index >= 15 is 0 Å². The first kappa shape index (κ1) is 17.6. The topological polar surface area (TPSA) is 108 Å². The van der Waals surface area contributed by atoms with Crippen LogP contribution >= 0.6 is 22.6 Å². The molecule has 8 nitrogen and oxygen atoms in total. The average Bonchev–Trinajstić information content (AvgIpc) is 3.21. The summed E-state index contributed by atoms with van der Waals surface area (Å²) in [5.41, 5.74) is 8.03. The number of hydrogen-bond donors (Lipinski definition) is 2. The third-order valence-corrected chi connectivity index (χ3v) is 5.08. The van der Waals surface area contributed by atoms with Crippen molar-refractivity contribution in [1.29, 1.82) is 0 Å². The highest BCUT2D eigenvalue weighted by Crippen LogP contribution is 2.31. The van der Waals surface area contributed by atoms with E-state index in [4.69, 9.17) is 15.2 Å². The molecular weight excluding hydrogens is 449 g/mol. The second kappa shape index (κ2) is 7.43. The fourth-order valence-electron chi connectivity index (χ4n) is 2.99. The predicted octanol–water partition coefficient (Wildman–Crippen LogP) is 1.88. The van der Waals surface area contributed by atoms with Crippen LogP contribution in [0.2, 0.25) is 0 Å². The zero-order valence-corrected chi connectivity index (χ0v) is 16.0. The number of benzene rings is 1. The molecule has 1 aliphatic heterocycles. The number of imidazole rings is 1. The van der Waals surface area contributed by atoms with Crippen LogP contribution < -0.4 is 5.73 Å². The minimum Gasteiger partial charge on any atom is -0.390 e. The fraction of sp³-hybridized carbons (Fsp3) is 0.353. The van der Waals surface area contributed by atoms with Crippen molar-refractivity contribution >= 4 is 39.6 Å². The van der Waals surface area contributed by atoms with Crippen molar-refractivity contribution < 1.29 is 14.6 Å². The van der Waals surface area contributed by atoms with E-state index in [0.717, 1.165) is 5.56 Å². The van der Waals surface area contributed by atoms with E-state index in [2.05, 4.69) is 37.5 Å². The number of rotatable bonds is 5. The standard InChI is InChI=1S/C17H18IN5O3/c18-11-3-1-10(2-4-11)6-25-7-13-12(24)5-14(26-13)23-9-22-15-16(19)20-8-21-17(15)23/h1-4,8-9,12-14,24H,5-7H2,(H2,19,20,21)/t12-,13+,14+/m0/s1. The quantitative estimate of drug-likeness (QED) is 0.552. The Morgan fingerprint density at radius 2 is 2.08 bits per heavy atom. The summed E-state index contributed by atoms with van der Waals surface area (Å²) in [6, 6.07) is 8.12. The lowest BCUT2D eigenvalue weighted by atomic mass is 10.2. The van der Waals surface area contributed by atoms with Crippen LogP contribution in [0.15, 0.2) is 36.9 Å². The van der Waals surface area contributed by atoms with Crippen LogP contribution in [-0.2, 0) is 16.1 Å². The molecule has 0 saturated carbocycles. The van der Waals surface area contributed by atoms with Crippen LogP contribution in [0.4, 0.5) is 5.82 Å². The number of aromatic nitrogens is 4. The van der Waals surface area contributed by atoms with E-state index < -0.39 is 12.2 Å². The van der Waals surface area contributed by atoms with Gasteiger partial charge in [0.25, 0.3) is 0 Å². The largest absolute Gasteiger partial charge is 0.390 e. The first-order chi connectivity index (χ1) is 12.6. The summed E-state index contributed by atoms with van der Waals surface area (Å²) in [6.45, 7) is 0.791. The Balaban J connectivity index is 1.39. The number of nitrogens with two attached hydrogens (primary N) is 1. The van der Waals surface area contributed by atoms with Crippen molar-refractivity contribution in [3.8, 4) is 0 Å². The van der Waals surface area contributed by atoms with Gasteiger partial charge in [-0.2, -0.15) is 0 Å². The zero-order chi connectivity index (χ0) is 18.1. The molecule has 0 radical (unpaired) electrons. The van der Waals surface area contributed by atoms with Crippen molar-refractivity contribution in [1.82, 2.24) is 19.5 Å². The van der Waals surface area contributed by atoms with Gasteiger partial charge in [0, 0.05) is 9.99 Å². The lowest BCUT2D eigenvalue weighted by molar-refractivity contribution is -0.0646. The highest BCUT2D eigenvalue weighted by atomic mass is 127. The molecule has 3 atom stereocenters. The van der Waals surface area contributed by atoms with Crippen LogP contribution in [-0.4, -0.2) is 43.4 Å². The van der Waals surface area contributed by atoms with Gasteiger partial charge in [-0.05, 0) is 40.3 Å². The second-order valence-electron chi connectivity index (χ2n) is 6.16. The Labute approximate surface area is 163 Å². The molecule has 3 N–H and O–H groups in total. The van der Waals surface area contributed by atoms with Gasteiger partial charge in [0.1, 0.15) is 24.2 Å². The van der Waals surface area contributed by atoms with Crippen LogP contribution in [0, 0.1) is 3.57 Å². The van der Waals surface area contributed by atoms with Gasteiger partial charge in [0.05, 0.1) is 25.6 Å². The average molecular weight is 467 g/mol. The lowest BCUT2D eigenvalue weighted by Crippen LogP contribution is -2.26. The Bertz CT molecular complexity index is 901. The van der Waals surface area contributed by atoms with Gasteiger partial charge in [-0.1, -0.05) is 12.1 Å². The van der Waals surface area contributed by atoms with Crippen LogP contribution in [0.3, 0.4) is 0 Å². The molecule has 0 bridgehead atoms. The molecule has 1 aromatic carbocycles. The molecule has 3 heterocycles. The number of hydrogen-bond acceptors (Lipinski definition) is 7. The van der Waals surface area contributed by atoms with Gasteiger partial charge in [0.15, 0.2) is 11.5 Å². The summed E-state index contributed by atoms with van der Waals surface area (Å²) in [5.74, 6) is 0.324. The molecule has 1 fully saturated rings. The minimum absolute atomic E-state index is 0.313. The molecule has 136 valence electrons. The third kappa shape index (κ3) is 3.52. The number of anilines is 1. The van der Waals surface area contributed by atoms with Gasteiger partial charge < -0.3 is 20.3 Å². The molecule has 9 heteroatoms. The van der Waals surface area contributed by atoms with Crippen molar-refractivity contribution in [2.45, 2.75) is 31.5 Å². The number of aliphatic hydroxyl groups excluding tert-OH is 1. The van der Waals surface area contributed by atoms with E-state index in [0.29, 0.717) is 36.6 Å². The molecule has 4 rings (SSSR count). The summed E-state index contributed by atoms with van der Waals surface area (Å²) >= 11 is 2.26. The van der Waals surface area contributed by atoms with E-state index in [9.17, 15) is 5.11 Å². The SMILES string of the molecule is Nc1ncnc2c1ncn2[C@H]1C[C@H](O)[C@@H](COCc2ccc(I)cc2)O1. The number of ether oxygens (including phenoxy) is 2. The second-order valence-corrected chi connectivity index (χ2v) is 7.40. The molecule has 3 aromatic rings. The van der Waals surface area contributed by atoms with Crippen molar-refractivity contribution in [3.05, 3.63) is 46.1 Å². The van der Waals surface area contributed by atoms with Gasteiger partial charge in [-0.3, -0.25) is 4.57 Å². The van der Waals surface area contributed by atoms with E-state index in [1.54, 1.807) is 10.9 Å². The third-order valence-electron chi connectivity index (χ3n) is 4.37. The Kier molecular flexibility index (Phi) is 5.02. The van der Waals surface area contributed by atoms with Crippen LogP contribution in [0.25, 0.3) is 11.2 Å². The van der Waals surface area contributed by atoms with E-state index in [-0.39, 0.29) is 6.23 Å². The summed E-state index contributed by atoms with van der Waals surface area (Å²) in [6.07, 6.45) is 2.06. The monoisotopic (exact) mass is 467 g/mol.